The summed E-state index contributed by atoms with van der Waals surface area (Å²) >= 11 is 1.01. The molecule has 0 atom stereocenters. The number of aromatic nitrogens is 2. The Balaban J connectivity index is 1.35. The third-order valence-electron chi connectivity index (χ3n) is 4.32. The van der Waals surface area contributed by atoms with Crippen LogP contribution in [-0.2, 0) is 4.79 Å². The van der Waals surface area contributed by atoms with E-state index in [9.17, 15) is 9.59 Å². The molecule has 9 heteroatoms. The second-order valence-electron chi connectivity index (χ2n) is 6.10. The number of anilines is 1. The normalized spacial score (nSPS) is 14.9. The third-order valence-corrected chi connectivity index (χ3v) is 5.15. The van der Waals surface area contributed by atoms with Crippen LogP contribution in [0.1, 0.15) is 21.8 Å². The van der Waals surface area contributed by atoms with Crippen LogP contribution in [-0.4, -0.2) is 59.0 Å². The summed E-state index contributed by atoms with van der Waals surface area (Å²) in [5, 5.41) is 3.77. The largest absolute Gasteiger partial charge is 0.369 e. The molecular weight excluding hydrogens is 352 g/mol. The Labute approximate surface area is 156 Å². The van der Waals surface area contributed by atoms with Gasteiger partial charge in [-0.3, -0.25) is 25.3 Å². The molecule has 1 saturated heterocycles. The topological polar surface area (TPSA) is 90.5 Å². The smallest absolute Gasteiger partial charge is 0.283 e. The van der Waals surface area contributed by atoms with Gasteiger partial charge >= 0.3 is 0 Å². The zero-order chi connectivity index (χ0) is 18.4. The van der Waals surface area contributed by atoms with E-state index in [1.807, 2.05) is 18.2 Å². The third kappa shape index (κ3) is 4.77. The predicted molar refractivity (Wildman–Crippen MR) is 100.0 cm³/mol. The zero-order valence-electron chi connectivity index (χ0n) is 14.6. The number of rotatable bonds is 5. The van der Waals surface area contributed by atoms with Crippen molar-refractivity contribution < 1.29 is 9.59 Å². The Hall–Kier alpha value is -2.52. The van der Waals surface area contributed by atoms with Gasteiger partial charge < -0.3 is 4.90 Å². The van der Waals surface area contributed by atoms with Gasteiger partial charge in [0.05, 0.1) is 5.69 Å². The van der Waals surface area contributed by atoms with E-state index in [2.05, 4.69) is 42.4 Å². The molecule has 1 aromatic carbocycles. The maximum absolute atomic E-state index is 11.9. The highest BCUT2D eigenvalue weighted by molar-refractivity contribution is 7.07. The van der Waals surface area contributed by atoms with Gasteiger partial charge in [-0.25, -0.2) is 0 Å². The monoisotopic (exact) mass is 374 g/mol. The minimum atomic E-state index is -0.387. The van der Waals surface area contributed by atoms with Crippen molar-refractivity contribution in [1.82, 2.24) is 25.3 Å². The minimum absolute atomic E-state index is 0.209. The summed E-state index contributed by atoms with van der Waals surface area (Å²) < 4.78 is 3.70. The highest BCUT2D eigenvalue weighted by Crippen LogP contribution is 2.15. The van der Waals surface area contributed by atoms with Gasteiger partial charge in [-0.15, -0.1) is 5.10 Å². The summed E-state index contributed by atoms with van der Waals surface area (Å²) in [7, 11) is 0. The number of hydrogen-bond acceptors (Lipinski definition) is 7. The van der Waals surface area contributed by atoms with E-state index >= 15 is 0 Å². The Morgan fingerprint density at radius 2 is 1.85 bits per heavy atom. The molecule has 0 unspecified atom stereocenters. The number of nitrogens with zero attached hydrogens (tertiary/aromatic N) is 4. The maximum atomic E-state index is 11.9. The lowest BCUT2D eigenvalue weighted by atomic mass is 10.2. The number of benzene rings is 1. The van der Waals surface area contributed by atoms with Gasteiger partial charge in [0.25, 0.3) is 5.91 Å². The molecule has 138 valence electrons. The van der Waals surface area contributed by atoms with Gasteiger partial charge in [0.1, 0.15) is 4.88 Å². The molecule has 0 radical (unpaired) electrons. The van der Waals surface area contributed by atoms with Crippen LogP contribution in [0.25, 0.3) is 0 Å². The molecule has 2 amide bonds. The van der Waals surface area contributed by atoms with E-state index in [4.69, 9.17) is 0 Å². The summed E-state index contributed by atoms with van der Waals surface area (Å²) in [6, 6.07) is 10.3. The van der Waals surface area contributed by atoms with Crippen molar-refractivity contribution in [3.8, 4) is 0 Å². The molecule has 1 aliphatic rings. The molecule has 1 fully saturated rings. The van der Waals surface area contributed by atoms with E-state index in [-0.39, 0.29) is 11.8 Å². The van der Waals surface area contributed by atoms with Gasteiger partial charge in [0.15, 0.2) is 0 Å². The summed E-state index contributed by atoms with van der Waals surface area (Å²) in [4.78, 5) is 28.9. The van der Waals surface area contributed by atoms with Gasteiger partial charge in [0.2, 0.25) is 5.91 Å². The number of piperazine rings is 1. The first-order valence-corrected chi connectivity index (χ1v) is 9.31. The molecule has 0 bridgehead atoms. The molecule has 8 nitrogen and oxygen atoms in total. The second-order valence-corrected chi connectivity index (χ2v) is 6.86. The van der Waals surface area contributed by atoms with Gasteiger partial charge in [-0.2, -0.15) is 0 Å². The Kier molecular flexibility index (Phi) is 6.13. The molecule has 3 rings (SSSR count). The van der Waals surface area contributed by atoms with Crippen molar-refractivity contribution in [1.29, 1.82) is 0 Å². The first-order chi connectivity index (χ1) is 12.6. The lowest BCUT2D eigenvalue weighted by Crippen LogP contribution is -2.48. The number of hydrazine groups is 1. The lowest BCUT2D eigenvalue weighted by Gasteiger charge is -2.36. The van der Waals surface area contributed by atoms with Crippen molar-refractivity contribution in [2.24, 2.45) is 0 Å². The van der Waals surface area contributed by atoms with Crippen LogP contribution in [0.4, 0.5) is 5.69 Å². The first-order valence-electron chi connectivity index (χ1n) is 8.54. The summed E-state index contributed by atoms with van der Waals surface area (Å²) in [5.74, 6) is -0.596. The van der Waals surface area contributed by atoms with E-state index in [0.29, 0.717) is 23.5 Å². The van der Waals surface area contributed by atoms with Crippen LogP contribution >= 0.6 is 11.5 Å². The van der Waals surface area contributed by atoms with Gasteiger partial charge in [-0.05, 0) is 30.6 Å². The summed E-state index contributed by atoms with van der Waals surface area (Å²) in [6.07, 6.45) is 0.339. The Morgan fingerprint density at radius 3 is 2.50 bits per heavy atom. The maximum Gasteiger partial charge on any atom is 0.283 e. The number of amides is 2. The molecule has 0 aliphatic carbocycles. The molecule has 2 aromatic rings. The van der Waals surface area contributed by atoms with Crippen LogP contribution in [0.2, 0.25) is 0 Å². The summed E-state index contributed by atoms with van der Waals surface area (Å²) in [6.45, 7) is 6.10. The van der Waals surface area contributed by atoms with E-state index in [1.54, 1.807) is 6.92 Å². The van der Waals surface area contributed by atoms with Crippen molar-refractivity contribution in [2.75, 3.05) is 37.6 Å². The minimum Gasteiger partial charge on any atom is -0.369 e. The second kappa shape index (κ2) is 8.72. The van der Waals surface area contributed by atoms with Crippen molar-refractivity contribution in [3.63, 3.8) is 0 Å². The fraction of sp³-hybridized carbons (Fsp3) is 0.412. The molecular formula is C17H22N6O2S. The molecule has 2 N–H and O–H groups in total. The van der Waals surface area contributed by atoms with Crippen LogP contribution in [0.3, 0.4) is 0 Å². The van der Waals surface area contributed by atoms with Crippen molar-refractivity contribution >= 4 is 29.0 Å². The first kappa shape index (κ1) is 18.3. The molecule has 1 aromatic heterocycles. The average Bonchev–Trinajstić information content (AvgIpc) is 3.11. The van der Waals surface area contributed by atoms with Crippen LogP contribution in [0, 0.1) is 6.92 Å². The van der Waals surface area contributed by atoms with E-state index < -0.39 is 0 Å². The standard InChI is InChI=1S/C17H22N6O2S/c1-13-16(26-21-18-13)17(25)20-19-15(24)7-8-22-9-11-23(12-10-22)14-5-3-2-4-6-14/h2-6H,7-12H2,1H3,(H,19,24)(H,20,25). The molecule has 26 heavy (non-hydrogen) atoms. The average molecular weight is 374 g/mol. The fourth-order valence-electron chi connectivity index (χ4n) is 2.81. The van der Waals surface area contributed by atoms with Gasteiger partial charge in [0, 0.05) is 44.8 Å². The highest BCUT2D eigenvalue weighted by atomic mass is 32.1. The van der Waals surface area contributed by atoms with Crippen molar-refractivity contribution in [2.45, 2.75) is 13.3 Å². The Bertz CT molecular complexity index is 743. The summed E-state index contributed by atoms with van der Waals surface area (Å²) in [5.41, 5.74) is 6.65. The number of aryl methyl sites for hydroxylation is 1. The zero-order valence-corrected chi connectivity index (χ0v) is 15.5. The van der Waals surface area contributed by atoms with Crippen LogP contribution < -0.4 is 15.8 Å². The number of nitrogens with one attached hydrogen (secondary N) is 2. The predicted octanol–water partition coefficient (Wildman–Crippen LogP) is 0.820. The number of para-hydroxylation sites is 1. The van der Waals surface area contributed by atoms with Gasteiger partial charge in [-0.1, -0.05) is 22.7 Å². The van der Waals surface area contributed by atoms with Crippen LogP contribution in [0.5, 0.6) is 0 Å². The highest BCUT2D eigenvalue weighted by Gasteiger charge is 2.18. The lowest BCUT2D eigenvalue weighted by molar-refractivity contribution is -0.122. The quantitative estimate of drug-likeness (QED) is 0.753. The molecule has 1 aliphatic heterocycles. The SMILES string of the molecule is Cc1nnsc1C(=O)NNC(=O)CCN1CCN(c2ccccc2)CC1. The fourth-order valence-corrected chi connectivity index (χ4v) is 3.37. The van der Waals surface area contributed by atoms with Crippen LogP contribution in [0.15, 0.2) is 30.3 Å². The number of carbonyl (C=O) groups is 2. The Morgan fingerprint density at radius 1 is 1.12 bits per heavy atom. The number of carbonyl (C=O) groups excluding carboxylic acids is 2. The van der Waals surface area contributed by atoms with E-state index in [1.165, 1.54) is 5.69 Å². The number of hydrogen-bond donors (Lipinski definition) is 2. The van der Waals surface area contributed by atoms with Crippen molar-refractivity contribution in [3.05, 3.63) is 40.9 Å². The van der Waals surface area contributed by atoms with E-state index in [0.717, 1.165) is 37.7 Å². The molecule has 0 saturated carbocycles. The molecule has 0 spiro atoms. The molecule has 2 heterocycles.